The van der Waals surface area contributed by atoms with E-state index in [1.807, 2.05) is 13.0 Å². The summed E-state index contributed by atoms with van der Waals surface area (Å²) in [6.45, 7) is 6.70. The highest BCUT2D eigenvalue weighted by Gasteiger charge is 2.46. The van der Waals surface area contributed by atoms with Crippen LogP contribution in [-0.2, 0) is 28.6 Å². The molecular formula is C19H26O6. The topological polar surface area (TPSA) is 78.9 Å². The van der Waals surface area contributed by atoms with E-state index in [0.29, 0.717) is 6.42 Å². The van der Waals surface area contributed by atoms with Crippen molar-refractivity contribution in [1.82, 2.24) is 0 Å². The first kappa shape index (κ1) is 19.2. The largest absolute Gasteiger partial charge is 0.462 e. The Morgan fingerprint density at radius 3 is 2.64 bits per heavy atom. The van der Waals surface area contributed by atoms with Crippen LogP contribution in [-0.4, -0.2) is 36.7 Å². The minimum atomic E-state index is -0.483. The van der Waals surface area contributed by atoms with Crippen LogP contribution in [0.5, 0.6) is 0 Å². The van der Waals surface area contributed by atoms with Crippen molar-refractivity contribution in [2.24, 2.45) is 11.8 Å². The molecule has 1 fully saturated rings. The molecule has 6 nitrogen and oxygen atoms in total. The fourth-order valence-corrected chi connectivity index (χ4v) is 3.44. The van der Waals surface area contributed by atoms with Crippen LogP contribution in [0, 0.1) is 11.8 Å². The van der Waals surface area contributed by atoms with Crippen molar-refractivity contribution in [2.75, 3.05) is 6.61 Å². The maximum atomic E-state index is 12.1. The zero-order chi connectivity index (χ0) is 18.6. The maximum absolute atomic E-state index is 12.1. The van der Waals surface area contributed by atoms with E-state index in [0.717, 1.165) is 24.0 Å². The summed E-state index contributed by atoms with van der Waals surface area (Å²) in [5.41, 5.74) is 2.00. The molecule has 138 valence electrons. The Morgan fingerprint density at radius 1 is 1.28 bits per heavy atom. The van der Waals surface area contributed by atoms with Gasteiger partial charge in [-0.25, -0.2) is 0 Å². The molecule has 4 atom stereocenters. The Hall–Kier alpha value is -2.11. The monoisotopic (exact) mass is 350 g/mol. The molecule has 0 aromatic rings. The van der Waals surface area contributed by atoms with E-state index in [9.17, 15) is 14.4 Å². The van der Waals surface area contributed by atoms with Gasteiger partial charge in [0.05, 0.1) is 11.8 Å². The summed E-state index contributed by atoms with van der Waals surface area (Å²) in [6.07, 6.45) is 5.13. The van der Waals surface area contributed by atoms with Crippen molar-refractivity contribution >= 4 is 17.9 Å². The molecular weight excluding hydrogens is 324 g/mol. The minimum Gasteiger partial charge on any atom is -0.462 e. The second kappa shape index (κ2) is 8.32. The molecule has 0 saturated carbocycles. The molecule has 1 heterocycles. The third kappa shape index (κ3) is 5.18. The van der Waals surface area contributed by atoms with Crippen molar-refractivity contribution < 1.29 is 28.6 Å². The molecule has 0 N–H and O–H groups in total. The van der Waals surface area contributed by atoms with Gasteiger partial charge in [0.15, 0.2) is 0 Å². The first-order chi connectivity index (χ1) is 11.8. The van der Waals surface area contributed by atoms with Crippen LogP contribution in [0.4, 0.5) is 0 Å². The van der Waals surface area contributed by atoms with E-state index in [4.69, 9.17) is 14.2 Å². The van der Waals surface area contributed by atoms with Gasteiger partial charge < -0.3 is 14.2 Å². The fraction of sp³-hybridized carbons (Fsp3) is 0.632. The highest BCUT2D eigenvalue weighted by molar-refractivity contribution is 5.75. The lowest BCUT2D eigenvalue weighted by atomic mass is 9.82. The third-order valence-electron chi connectivity index (χ3n) is 4.67. The van der Waals surface area contributed by atoms with Crippen molar-refractivity contribution in [3.63, 3.8) is 0 Å². The quantitative estimate of drug-likeness (QED) is 0.442. The summed E-state index contributed by atoms with van der Waals surface area (Å²) >= 11 is 0. The SMILES string of the molecule is CC(=O)OC/C1=C\[C@H]2OC(=O)[C@H](C)[C@@H]2[C@@H](OC(C)=O)C/C(C)=C/CC1. The highest BCUT2D eigenvalue weighted by atomic mass is 16.6. The summed E-state index contributed by atoms with van der Waals surface area (Å²) in [5.74, 6) is -1.64. The Morgan fingerprint density at radius 2 is 2.00 bits per heavy atom. The Kier molecular flexibility index (Phi) is 6.39. The predicted octanol–water partition coefficient (Wildman–Crippen LogP) is 2.72. The molecule has 0 amide bonds. The first-order valence-corrected chi connectivity index (χ1v) is 8.64. The second-order valence-electron chi connectivity index (χ2n) is 6.81. The zero-order valence-electron chi connectivity index (χ0n) is 15.2. The summed E-state index contributed by atoms with van der Waals surface area (Å²) in [6, 6.07) is 0. The van der Waals surface area contributed by atoms with Crippen molar-refractivity contribution in [3.05, 3.63) is 23.3 Å². The zero-order valence-corrected chi connectivity index (χ0v) is 15.2. The molecule has 1 aliphatic carbocycles. The van der Waals surface area contributed by atoms with Crippen LogP contribution in [0.25, 0.3) is 0 Å². The van der Waals surface area contributed by atoms with Gasteiger partial charge in [-0.1, -0.05) is 18.6 Å². The van der Waals surface area contributed by atoms with E-state index < -0.39 is 12.2 Å². The van der Waals surface area contributed by atoms with Gasteiger partial charge in [0, 0.05) is 20.3 Å². The number of hydrogen-bond donors (Lipinski definition) is 0. The van der Waals surface area contributed by atoms with Gasteiger partial charge >= 0.3 is 17.9 Å². The Labute approximate surface area is 148 Å². The van der Waals surface area contributed by atoms with E-state index in [1.165, 1.54) is 13.8 Å². The molecule has 25 heavy (non-hydrogen) atoms. The van der Waals surface area contributed by atoms with E-state index >= 15 is 0 Å². The van der Waals surface area contributed by atoms with Gasteiger partial charge in [-0.05, 0) is 31.4 Å². The van der Waals surface area contributed by atoms with Crippen LogP contribution >= 0.6 is 0 Å². The van der Waals surface area contributed by atoms with Gasteiger partial charge in [-0.2, -0.15) is 0 Å². The van der Waals surface area contributed by atoms with Gasteiger partial charge in [0.25, 0.3) is 0 Å². The number of allylic oxidation sites excluding steroid dienone is 1. The van der Waals surface area contributed by atoms with Crippen LogP contribution in [0.15, 0.2) is 23.3 Å². The summed E-state index contributed by atoms with van der Waals surface area (Å²) in [4.78, 5) is 34.8. The average Bonchev–Trinajstić information content (AvgIpc) is 2.77. The molecule has 0 radical (unpaired) electrons. The van der Waals surface area contributed by atoms with Crippen molar-refractivity contribution in [3.8, 4) is 0 Å². The first-order valence-electron chi connectivity index (χ1n) is 8.64. The molecule has 0 bridgehead atoms. The van der Waals surface area contributed by atoms with Gasteiger partial charge in [-0.15, -0.1) is 0 Å². The van der Waals surface area contributed by atoms with E-state index in [1.54, 1.807) is 6.92 Å². The van der Waals surface area contributed by atoms with Gasteiger partial charge in [0.1, 0.15) is 18.8 Å². The summed E-state index contributed by atoms with van der Waals surface area (Å²) in [5, 5.41) is 0. The molecule has 0 unspecified atom stereocenters. The molecule has 2 aliphatic rings. The number of ether oxygens (including phenoxy) is 3. The minimum absolute atomic E-state index is 0.176. The van der Waals surface area contributed by atoms with Gasteiger partial charge in [-0.3, -0.25) is 14.4 Å². The average molecular weight is 350 g/mol. The maximum Gasteiger partial charge on any atom is 0.309 e. The van der Waals surface area contributed by atoms with Crippen molar-refractivity contribution in [2.45, 2.75) is 59.2 Å². The number of hydrogen-bond acceptors (Lipinski definition) is 6. The lowest BCUT2D eigenvalue weighted by molar-refractivity contribution is -0.150. The second-order valence-corrected chi connectivity index (χ2v) is 6.81. The van der Waals surface area contributed by atoms with Crippen molar-refractivity contribution in [1.29, 1.82) is 0 Å². The molecule has 0 aromatic heterocycles. The number of rotatable bonds is 3. The Bertz CT molecular complexity index is 603. The number of carbonyl (C=O) groups excluding carboxylic acids is 3. The van der Waals surface area contributed by atoms with E-state index in [2.05, 4.69) is 6.08 Å². The highest BCUT2D eigenvalue weighted by Crippen LogP contribution is 2.37. The van der Waals surface area contributed by atoms with Crippen LogP contribution < -0.4 is 0 Å². The summed E-state index contributed by atoms with van der Waals surface area (Å²) < 4.78 is 16.2. The molecule has 0 aromatic carbocycles. The smallest absolute Gasteiger partial charge is 0.309 e. The lowest BCUT2D eigenvalue weighted by Gasteiger charge is -2.28. The fourth-order valence-electron chi connectivity index (χ4n) is 3.44. The molecule has 6 heteroatoms. The standard InChI is InChI=1S/C19H26O6/c1-11-6-5-7-15(10-23-13(3)20)9-17-18(12(2)19(22)25-17)16(8-11)24-14(4)21/h6,9,12,16-18H,5,7-8,10H2,1-4H3/b11-6+,15-9-/t12-,16+,17-,18-/m1/s1. The number of esters is 3. The molecule has 2 rings (SSSR count). The number of fused-ring (bicyclic) bond motifs is 1. The van der Waals surface area contributed by atoms with E-state index in [-0.39, 0.29) is 36.4 Å². The van der Waals surface area contributed by atoms with Gasteiger partial charge in [0.2, 0.25) is 0 Å². The van der Waals surface area contributed by atoms with Crippen LogP contribution in [0.1, 0.15) is 47.0 Å². The molecule has 1 aliphatic heterocycles. The normalized spacial score (nSPS) is 33.8. The van der Waals surface area contributed by atoms with Crippen LogP contribution in [0.2, 0.25) is 0 Å². The third-order valence-corrected chi connectivity index (χ3v) is 4.67. The summed E-state index contributed by atoms with van der Waals surface area (Å²) in [7, 11) is 0. The molecule has 0 spiro atoms. The Balaban J connectivity index is 2.34. The molecule has 1 saturated heterocycles. The lowest BCUT2D eigenvalue weighted by Crippen LogP contribution is -2.35. The predicted molar refractivity (Wildman–Crippen MR) is 90.4 cm³/mol. The number of carbonyl (C=O) groups is 3. The van der Waals surface area contributed by atoms with Crippen LogP contribution in [0.3, 0.4) is 0 Å².